The van der Waals surface area contributed by atoms with Gasteiger partial charge in [-0.2, -0.15) is 0 Å². The van der Waals surface area contributed by atoms with Crippen LogP contribution in [0.1, 0.15) is 6.42 Å². The molecule has 0 aliphatic heterocycles. The summed E-state index contributed by atoms with van der Waals surface area (Å²) < 4.78 is 1.07. The number of halogens is 1. The number of aliphatic hydroxyl groups excluding tert-OH is 1. The van der Waals surface area contributed by atoms with Gasteiger partial charge < -0.3 is 5.11 Å². The lowest BCUT2D eigenvalue weighted by Crippen LogP contribution is -2.26. The molecule has 1 unspecified atom stereocenters. The maximum Gasteiger partial charge on any atom is 0.110 e. The predicted octanol–water partition coefficient (Wildman–Crippen LogP) is 1.76. The molecule has 0 bridgehead atoms. The Bertz CT molecular complexity index is 154. The van der Waals surface area contributed by atoms with Crippen LogP contribution in [0, 0.1) is 0 Å². The summed E-state index contributed by atoms with van der Waals surface area (Å²) in [6.45, 7) is 3.61. The molecule has 0 fully saturated rings. The van der Waals surface area contributed by atoms with E-state index in [-0.39, 0.29) is 6.23 Å². The fourth-order valence-corrected chi connectivity index (χ4v) is 0.766. The van der Waals surface area contributed by atoms with Crippen LogP contribution in [0.5, 0.6) is 0 Å². The number of nitrogens with zero attached hydrogens (tertiary/aromatic N) is 1. The van der Waals surface area contributed by atoms with Gasteiger partial charge in [0.15, 0.2) is 0 Å². The van der Waals surface area contributed by atoms with Crippen LogP contribution in [-0.2, 0) is 0 Å². The van der Waals surface area contributed by atoms with Gasteiger partial charge in [-0.15, -0.1) is 0 Å². The SMILES string of the molecule is C=C/C(I)=C\CC(O)N(C)C. The van der Waals surface area contributed by atoms with Crippen LogP contribution in [0.3, 0.4) is 0 Å². The second-order valence-corrected chi connectivity index (χ2v) is 3.72. The summed E-state index contributed by atoms with van der Waals surface area (Å²) in [7, 11) is 3.69. The molecule has 3 heteroatoms. The Morgan fingerprint density at radius 1 is 1.73 bits per heavy atom. The van der Waals surface area contributed by atoms with Crippen molar-refractivity contribution in [2.45, 2.75) is 12.6 Å². The molecule has 2 nitrogen and oxygen atoms in total. The van der Waals surface area contributed by atoms with Crippen LogP contribution >= 0.6 is 22.6 Å². The summed E-state index contributed by atoms with van der Waals surface area (Å²) in [6, 6.07) is 0. The minimum atomic E-state index is -0.389. The zero-order valence-corrected chi connectivity index (χ0v) is 9.08. The maximum atomic E-state index is 9.31. The Kier molecular flexibility index (Phi) is 5.81. The molecule has 0 amide bonds. The lowest BCUT2D eigenvalue weighted by molar-refractivity contribution is 0.0436. The average molecular weight is 267 g/mol. The largest absolute Gasteiger partial charge is 0.378 e. The van der Waals surface area contributed by atoms with E-state index in [0.717, 1.165) is 3.58 Å². The van der Waals surface area contributed by atoms with Crippen LogP contribution in [0.4, 0.5) is 0 Å². The maximum absolute atomic E-state index is 9.31. The number of aliphatic hydroxyl groups is 1. The van der Waals surface area contributed by atoms with Crippen molar-refractivity contribution in [1.29, 1.82) is 0 Å². The van der Waals surface area contributed by atoms with E-state index in [4.69, 9.17) is 0 Å². The second kappa shape index (κ2) is 5.74. The van der Waals surface area contributed by atoms with Gasteiger partial charge in [0.2, 0.25) is 0 Å². The lowest BCUT2D eigenvalue weighted by Gasteiger charge is -2.16. The Balaban J connectivity index is 3.77. The molecule has 0 heterocycles. The van der Waals surface area contributed by atoms with Gasteiger partial charge >= 0.3 is 0 Å². The molecule has 0 aliphatic carbocycles. The van der Waals surface area contributed by atoms with Crippen LogP contribution < -0.4 is 0 Å². The monoisotopic (exact) mass is 267 g/mol. The summed E-state index contributed by atoms with van der Waals surface area (Å²) in [4.78, 5) is 1.77. The highest BCUT2D eigenvalue weighted by molar-refractivity contribution is 14.1. The van der Waals surface area contributed by atoms with E-state index in [0.29, 0.717) is 6.42 Å². The topological polar surface area (TPSA) is 23.5 Å². The summed E-state index contributed by atoms with van der Waals surface area (Å²) in [6.07, 6.45) is 3.98. The molecule has 64 valence electrons. The van der Waals surface area contributed by atoms with Crippen LogP contribution in [0.2, 0.25) is 0 Å². The molecule has 11 heavy (non-hydrogen) atoms. The van der Waals surface area contributed by atoms with Gasteiger partial charge in [0.1, 0.15) is 6.23 Å². The molecule has 0 aromatic rings. The van der Waals surface area contributed by atoms with E-state index in [9.17, 15) is 5.11 Å². The van der Waals surface area contributed by atoms with Gasteiger partial charge in [0.25, 0.3) is 0 Å². The van der Waals surface area contributed by atoms with E-state index in [1.165, 1.54) is 0 Å². The van der Waals surface area contributed by atoms with Crippen molar-refractivity contribution in [1.82, 2.24) is 4.90 Å². The Labute approximate surface area is 81.7 Å². The predicted molar refractivity (Wildman–Crippen MR) is 56.6 cm³/mol. The summed E-state index contributed by atoms with van der Waals surface area (Å²) in [5.74, 6) is 0. The van der Waals surface area contributed by atoms with Crippen molar-refractivity contribution >= 4 is 22.6 Å². The zero-order chi connectivity index (χ0) is 8.85. The third kappa shape index (κ3) is 5.41. The second-order valence-electron chi connectivity index (χ2n) is 2.47. The highest BCUT2D eigenvalue weighted by atomic mass is 127. The van der Waals surface area contributed by atoms with Gasteiger partial charge in [0, 0.05) is 10.0 Å². The highest BCUT2D eigenvalue weighted by Crippen LogP contribution is 2.09. The molecule has 0 spiro atoms. The molecule has 0 radical (unpaired) electrons. The van der Waals surface area contributed by atoms with E-state index in [1.54, 1.807) is 11.0 Å². The minimum absolute atomic E-state index is 0.389. The van der Waals surface area contributed by atoms with E-state index >= 15 is 0 Å². The van der Waals surface area contributed by atoms with Crippen LogP contribution in [0.15, 0.2) is 22.3 Å². The number of allylic oxidation sites excluding steroid dienone is 2. The van der Waals surface area contributed by atoms with E-state index < -0.39 is 0 Å². The summed E-state index contributed by atoms with van der Waals surface area (Å²) in [5.41, 5.74) is 0. The normalized spacial score (nSPS) is 15.2. The summed E-state index contributed by atoms with van der Waals surface area (Å²) in [5, 5.41) is 9.31. The first-order valence-corrected chi connectivity index (χ1v) is 4.48. The molecule has 0 saturated carbocycles. The highest BCUT2D eigenvalue weighted by Gasteiger charge is 2.02. The smallest absolute Gasteiger partial charge is 0.110 e. The fraction of sp³-hybridized carbons (Fsp3) is 0.500. The van der Waals surface area contributed by atoms with Gasteiger partial charge in [-0.3, -0.25) is 4.90 Å². The molecule has 0 rings (SSSR count). The number of hydrogen-bond donors (Lipinski definition) is 1. The number of rotatable bonds is 4. The Hall–Kier alpha value is 0.130. The van der Waals surface area contributed by atoms with Crippen LogP contribution in [-0.4, -0.2) is 30.3 Å². The average Bonchev–Trinajstić information content (AvgIpc) is 1.99. The first-order chi connectivity index (χ1) is 5.07. The molecule has 0 saturated heterocycles. The Morgan fingerprint density at radius 2 is 2.27 bits per heavy atom. The van der Waals surface area contributed by atoms with Crippen LogP contribution in [0.25, 0.3) is 0 Å². The molecular formula is C8H14INO. The van der Waals surface area contributed by atoms with E-state index in [2.05, 4.69) is 29.2 Å². The van der Waals surface area contributed by atoms with Crippen molar-refractivity contribution in [3.05, 3.63) is 22.3 Å². The first-order valence-electron chi connectivity index (χ1n) is 3.40. The zero-order valence-electron chi connectivity index (χ0n) is 6.92. The summed E-state index contributed by atoms with van der Waals surface area (Å²) >= 11 is 2.18. The van der Waals surface area contributed by atoms with Gasteiger partial charge in [-0.25, -0.2) is 0 Å². The number of hydrogen-bond acceptors (Lipinski definition) is 2. The molecule has 1 N–H and O–H groups in total. The third-order valence-electron chi connectivity index (χ3n) is 1.31. The first kappa shape index (κ1) is 11.1. The van der Waals surface area contributed by atoms with Gasteiger partial charge in [0.05, 0.1) is 0 Å². The Morgan fingerprint density at radius 3 is 2.64 bits per heavy atom. The molecule has 1 atom stereocenters. The van der Waals surface area contributed by atoms with Crippen molar-refractivity contribution < 1.29 is 5.11 Å². The third-order valence-corrected chi connectivity index (χ3v) is 2.20. The van der Waals surface area contributed by atoms with Crippen molar-refractivity contribution in [3.63, 3.8) is 0 Å². The van der Waals surface area contributed by atoms with E-state index in [1.807, 2.05) is 20.2 Å². The molecule has 0 aromatic carbocycles. The minimum Gasteiger partial charge on any atom is -0.378 e. The van der Waals surface area contributed by atoms with Gasteiger partial charge in [-0.05, 0) is 36.7 Å². The van der Waals surface area contributed by atoms with Crippen molar-refractivity contribution in [2.75, 3.05) is 14.1 Å². The fourth-order valence-electron chi connectivity index (χ4n) is 0.512. The molecular weight excluding hydrogens is 253 g/mol. The molecule has 0 aliphatic rings. The van der Waals surface area contributed by atoms with Crippen molar-refractivity contribution in [2.24, 2.45) is 0 Å². The molecule has 0 aromatic heterocycles. The quantitative estimate of drug-likeness (QED) is 0.476. The van der Waals surface area contributed by atoms with Gasteiger partial charge in [-0.1, -0.05) is 18.7 Å². The lowest BCUT2D eigenvalue weighted by atomic mass is 10.3. The van der Waals surface area contributed by atoms with Crippen molar-refractivity contribution in [3.8, 4) is 0 Å². The standard InChI is InChI=1S/C8H14INO/c1-4-7(9)5-6-8(11)10(2)3/h4-5,8,11H,1,6H2,2-3H3/b7-5+.